The smallest absolute Gasteiger partial charge is 0.0227 e. The Morgan fingerprint density at radius 3 is 2.59 bits per heavy atom. The van der Waals surface area contributed by atoms with Crippen LogP contribution in [0.25, 0.3) is 11.1 Å². The summed E-state index contributed by atoms with van der Waals surface area (Å²) in [4.78, 5) is 0. The van der Waals surface area contributed by atoms with Crippen molar-refractivity contribution in [2.75, 3.05) is 6.54 Å². The lowest BCUT2D eigenvalue weighted by molar-refractivity contribution is 0.834. The predicted octanol–water partition coefficient (Wildman–Crippen LogP) is 3.37. The van der Waals surface area contributed by atoms with Crippen molar-refractivity contribution in [2.45, 2.75) is 19.8 Å². The third-order valence-corrected chi connectivity index (χ3v) is 3.74. The van der Waals surface area contributed by atoms with Gasteiger partial charge in [-0.2, -0.15) is 0 Å². The highest BCUT2D eigenvalue weighted by atomic mass is 14.6. The molecule has 1 nitrogen and oxygen atoms in total. The Morgan fingerprint density at radius 2 is 1.82 bits per heavy atom. The predicted molar refractivity (Wildman–Crippen MR) is 72.2 cm³/mol. The summed E-state index contributed by atoms with van der Waals surface area (Å²) in [7, 11) is 0. The number of fused-ring (bicyclic) bond motifs is 3. The van der Waals surface area contributed by atoms with Crippen LogP contribution in [0.1, 0.15) is 28.2 Å². The Hall–Kier alpha value is -1.60. The molecule has 1 heteroatoms. The molecule has 0 fully saturated rings. The van der Waals surface area contributed by atoms with E-state index in [2.05, 4.69) is 50.2 Å². The number of benzene rings is 2. The van der Waals surface area contributed by atoms with Crippen molar-refractivity contribution in [1.29, 1.82) is 0 Å². The van der Waals surface area contributed by atoms with Gasteiger partial charge in [0.25, 0.3) is 0 Å². The van der Waals surface area contributed by atoms with Crippen LogP contribution in [0.5, 0.6) is 0 Å². The van der Waals surface area contributed by atoms with E-state index in [1.165, 1.54) is 33.4 Å². The maximum atomic E-state index is 5.97. The van der Waals surface area contributed by atoms with E-state index in [4.69, 9.17) is 5.73 Å². The second-order valence-electron chi connectivity index (χ2n) is 4.92. The number of hydrogen-bond donors (Lipinski definition) is 1. The molecule has 0 spiro atoms. The monoisotopic (exact) mass is 223 g/mol. The first-order chi connectivity index (χ1) is 8.22. The van der Waals surface area contributed by atoms with Gasteiger partial charge in [0.2, 0.25) is 0 Å². The molecule has 17 heavy (non-hydrogen) atoms. The Morgan fingerprint density at radius 1 is 1.06 bits per heavy atom. The Kier molecular flexibility index (Phi) is 2.30. The molecule has 0 aliphatic heterocycles. The van der Waals surface area contributed by atoms with E-state index in [1.807, 2.05) is 0 Å². The fourth-order valence-electron chi connectivity index (χ4n) is 3.11. The van der Waals surface area contributed by atoms with Crippen LogP contribution in [0.15, 0.2) is 36.4 Å². The molecule has 86 valence electrons. The number of nitrogens with two attached hydrogens (primary N) is 1. The average Bonchev–Trinajstić information content (AvgIpc) is 2.63. The van der Waals surface area contributed by atoms with Gasteiger partial charge < -0.3 is 5.73 Å². The lowest BCUT2D eigenvalue weighted by atomic mass is 9.92. The van der Waals surface area contributed by atoms with Gasteiger partial charge >= 0.3 is 0 Å². The van der Waals surface area contributed by atoms with Crippen LogP contribution in [0.3, 0.4) is 0 Å². The van der Waals surface area contributed by atoms with Crippen molar-refractivity contribution >= 4 is 0 Å². The minimum absolute atomic E-state index is 0.377. The van der Waals surface area contributed by atoms with Crippen molar-refractivity contribution < 1.29 is 0 Å². The van der Waals surface area contributed by atoms with Crippen LogP contribution in [0.4, 0.5) is 0 Å². The van der Waals surface area contributed by atoms with Crippen LogP contribution in [-0.4, -0.2) is 6.54 Å². The van der Waals surface area contributed by atoms with Gasteiger partial charge in [0.1, 0.15) is 0 Å². The zero-order chi connectivity index (χ0) is 12.0. The van der Waals surface area contributed by atoms with Crippen molar-refractivity contribution in [3.63, 3.8) is 0 Å². The highest BCUT2D eigenvalue weighted by Crippen LogP contribution is 2.45. The third-order valence-electron chi connectivity index (χ3n) is 3.74. The van der Waals surface area contributed by atoms with E-state index in [9.17, 15) is 0 Å². The standard InChI is InChI=1S/C16H17N/c1-10-7-11(2)16-14(8-10)12-5-3-4-6-13(12)15(16)9-17/h3-8,15H,9,17H2,1-2H3. The van der Waals surface area contributed by atoms with E-state index >= 15 is 0 Å². The minimum Gasteiger partial charge on any atom is -0.330 e. The van der Waals surface area contributed by atoms with Crippen LogP contribution in [0, 0.1) is 13.8 Å². The molecule has 1 atom stereocenters. The van der Waals surface area contributed by atoms with E-state index in [1.54, 1.807) is 0 Å². The van der Waals surface area contributed by atoms with Crippen molar-refractivity contribution in [3.8, 4) is 11.1 Å². The molecule has 1 aliphatic carbocycles. The molecular weight excluding hydrogens is 206 g/mol. The highest BCUT2D eigenvalue weighted by Gasteiger charge is 2.28. The zero-order valence-electron chi connectivity index (χ0n) is 10.3. The van der Waals surface area contributed by atoms with E-state index in [0.717, 1.165) is 0 Å². The molecule has 0 heterocycles. The first-order valence-electron chi connectivity index (χ1n) is 6.13. The topological polar surface area (TPSA) is 26.0 Å². The molecule has 0 bridgehead atoms. The number of rotatable bonds is 1. The van der Waals surface area contributed by atoms with Crippen molar-refractivity contribution in [3.05, 3.63) is 58.7 Å². The van der Waals surface area contributed by atoms with Crippen LogP contribution >= 0.6 is 0 Å². The van der Waals surface area contributed by atoms with Gasteiger partial charge in [-0.1, -0.05) is 42.0 Å². The summed E-state index contributed by atoms with van der Waals surface area (Å²) in [6.45, 7) is 5.04. The minimum atomic E-state index is 0.377. The number of hydrogen-bond acceptors (Lipinski definition) is 1. The molecule has 2 aromatic carbocycles. The molecule has 0 saturated heterocycles. The SMILES string of the molecule is Cc1cc(C)c2c(c1)-c1ccccc1C2CN. The molecule has 1 unspecified atom stereocenters. The summed E-state index contributed by atoms with van der Waals surface area (Å²) in [6, 6.07) is 13.2. The van der Waals surface area contributed by atoms with E-state index < -0.39 is 0 Å². The Balaban J connectivity index is 2.35. The molecular formula is C16H17N. The van der Waals surface area contributed by atoms with Crippen molar-refractivity contribution in [2.24, 2.45) is 5.73 Å². The van der Waals surface area contributed by atoms with Gasteiger partial charge in [0, 0.05) is 12.5 Å². The van der Waals surface area contributed by atoms with Crippen molar-refractivity contribution in [1.82, 2.24) is 0 Å². The molecule has 3 rings (SSSR count). The van der Waals surface area contributed by atoms with Gasteiger partial charge in [0.05, 0.1) is 0 Å². The quantitative estimate of drug-likeness (QED) is 0.788. The molecule has 0 saturated carbocycles. The molecule has 0 amide bonds. The summed E-state index contributed by atoms with van der Waals surface area (Å²) in [5.41, 5.74) is 14.2. The van der Waals surface area contributed by atoms with Gasteiger partial charge in [-0.3, -0.25) is 0 Å². The summed E-state index contributed by atoms with van der Waals surface area (Å²) in [6.07, 6.45) is 0. The van der Waals surface area contributed by atoms with Crippen LogP contribution in [0.2, 0.25) is 0 Å². The average molecular weight is 223 g/mol. The van der Waals surface area contributed by atoms with E-state index in [-0.39, 0.29) is 0 Å². The maximum absolute atomic E-state index is 5.97. The van der Waals surface area contributed by atoms with Gasteiger partial charge in [-0.25, -0.2) is 0 Å². The van der Waals surface area contributed by atoms with Gasteiger partial charge in [0.15, 0.2) is 0 Å². The Labute approximate surface area is 102 Å². The third kappa shape index (κ3) is 1.43. The highest BCUT2D eigenvalue weighted by molar-refractivity contribution is 5.80. The summed E-state index contributed by atoms with van der Waals surface area (Å²) in [5, 5.41) is 0. The summed E-state index contributed by atoms with van der Waals surface area (Å²) >= 11 is 0. The maximum Gasteiger partial charge on any atom is 0.0227 e. The zero-order valence-corrected chi connectivity index (χ0v) is 10.3. The molecule has 2 N–H and O–H groups in total. The largest absolute Gasteiger partial charge is 0.330 e. The Bertz CT molecular complexity index is 584. The molecule has 0 radical (unpaired) electrons. The first-order valence-corrected chi connectivity index (χ1v) is 6.13. The lowest BCUT2D eigenvalue weighted by Gasteiger charge is -2.13. The molecule has 0 aromatic heterocycles. The van der Waals surface area contributed by atoms with Crippen LogP contribution < -0.4 is 5.73 Å². The summed E-state index contributed by atoms with van der Waals surface area (Å²) in [5.74, 6) is 0.377. The van der Waals surface area contributed by atoms with Gasteiger partial charge in [-0.05, 0) is 41.7 Å². The second kappa shape index (κ2) is 3.71. The summed E-state index contributed by atoms with van der Waals surface area (Å²) < 4.78 is 0. The lowest BCUT2D eigenvalue weighted by Crippen LogP contribution is -2.12. The second-order valence-corrected chi connectivity index (χ2v) is 4.92. The normalized spacial score (nSPS) is 16.8. The van der Waals surface area contributed by atoms with Gasteiger partial charge in [-0.15, -0.1) is 0 Å². The molecule has 2 aromatic rings. The fourth-order valence-corrected chi connectivity index (χ4v) is 3.11. The van der Waals surface area contributed by atoms with Crippen LogP contribution in [-0.2, 0) is 0 Å². The molecule has 1 aliphatic rings. The fraction of sp³-hybridized carbons (Fsp3) is 0.250. The number of aryl methyl sites for hydroxylation is 2. The van der Waals surface area contributed by atoms with E-state index in [0.29, 0.717) is 12.5 Å². The first kappa shape index (κ1) is 10.5.